The topological polar surface area (TPSA) is 132 Å². The first-order valence-corrected chi connectivity index (χ1v) is 12.2. The number of carbonyl (C=O) groups is 1. The molecule has 10 nitrogen and oxygen atoms in total. The summed E-state index contributed by atoms with van der Waals surface area (Å²) in [5.41, 5.74) is 4.39. The standard InChI is InChI=1S/C24H24N8O2S/c1-14(2)28-19-8-20(21-4-3-17-7-16(9-25)10-27-32(17)21)26-11-18(19)22-29-30-23(35-22)24(34)31-6-5-15(12-31)13-33/h3-4,7-8,10-11,14-15,33H,5-6,12-13H2,1-2H3,(H,26,28)/t15-/m0/s1. The van der Waals surface area contributed by atoms with Crippen LogP contribution in [0.15, 0.2) is 36.7 Å². The van der Waals surface area contributed by atoms with Crippen LogP contribution < -0.4 is 5.32 Å². The Hall–Kier alpha value is -3.88. The highest BCUT2D eigenvalue weighted by atomic mass is 32.1. The molecular formula is C24H24N8O2S. The van der Waals surface area contributed by atoms with Crippen molar-refractivity contribution in [3.8, 4) is 28.0 Å². The molecule has 4 aromatic rings. The number of pyridine rings is 1. The zero-order valence-corrected chi connectivity index (χ0v) is 20.2. The van der Waals surface area contributed by atoms with E-state index in [2.05, 4.69) is 31.7 Å². The van der Waals surface area contributed by atoms with Crippen molar-refractivity contribution in [3.05, 3.63) is 47.2 Å². The molecule has 5 heterocycles. The normalized spacial score (nSPS) is 15.6. The number of hydrogen-bond acceptors (Lipinski definition) is 9. The number of anilines is 1. The van der Waals surface area contributed by atoms with E-state index in [0.717, 1.165) is 28.9 Å². The van der Waals surface area contributed by atoms with Crippen LogP contribution >= 0.6 is 11.3 Å². The van der Waals surface area contributed by atoms with Crippen molar-refractivity contribution in [3.63, 3.8) is 0 Å². The van der Waals surface area contributed by atoms with Crippen LogP contribution in [0.5, 0.6) is 0 Å². The van der Waals surface area contributed by atoms with Crippen LogP contribution in [-0.4, -0.2) is 66.4 Å². The lowest BCUT2D eigenvalue weighted by molar-refractivity contribution is 0.0780. The predicted octanol–water partition coefficient (Wildman–Crippen LogP) is 3.06. The molecule has 0 unspecified atom stereocenters. The van der Waals surface area contributed by atoms with Gasteiger partial charge in [-0.15, -0.1) is 10.2 Å². The van der Waals surface area contributed by atoms with Gasteiger partial charge in [0.2, 0.25) is 5.01 Å². The largest absolute Gasteiger partial charge is 0.396 e. The number of nitriles is 1. The second kappa shape index (κ2) is 9.40. The van der Waals surface area contributed by atoms with Crippen molar-refractivity contribution in [1.29, 1.82) is 5.26 Å². The molecular weight excluding hydrogens is 464 g/mol. The van der Waals surface area contributed by atoms with Gasteiger partial charge in [0.1, 0.15) is 6.07 Å². The van der Waals surface area contributed by atoms with Crippen molar-refractivity contribution < 1.29 is 9.90 Å². The molecule has 1 aliphatic rings. The number of aromatic nitrogens is 5. The fraction of sp³-hybridized carbons (Fsp3) is 0.333. The second-order valence-electron chi connectivity index (χ2n) is 8.83. The Labute approximate surface area is 205 Å². The quantitative estimate of drug-likeness (QED) is 0.423. The average Bonchev–Trinajstić information content (AvgIpc) is 3.62. The summed E-state index contributed by atoms with van der Waals surface area (Å²) < 4.78 is 1.75. The first kappa shape index (κ1) is 22.9. The molecule has 1 fully saturated rings. The van der Waals surface area contributed by atoms with Crippen LogP contribution in [0.2, 0.25) is 0 Å². The van der Waals surface area contributed by atoms with E-state index in [1.165, 1.54) is 17.5 Å². The summed E-state index contributed by atoms with van der Waals surface area (Å²) in [6.45, 7) is 5.32. The van der Waals surface area contributed by atoms with Crippen LogP contribution in [0.1, 0.15) is 35.6 Å². The van der Waals surface area contributed by atoms with Crippen molar-refractivity contribution in [2.45, 2.75) is 26.3 Å². The molecule has 1 saturated heterocycles. The molecule has 5 rings (SSSR count). The van der Waals surface area contributed by atoms with E-state index in [0.29, 0.717) is 34.4 Å². The number of nitrogens with zero attached hydrogens (tertiary/aromatic N) is 7. The summed E-state index contributed by atoms with van der Waals surface area (Å²) in [6.07, 6.45) is 4.05. The maximum absolute atomic E-state index is 12.9. The Kier molecular flexibility index (Phi) is 6.15. The molecule has 178 valence electrons. The van der Waals surface area contributed by atoms with Crippen molar-refractivity contribution in [1.82, 2.24) is 29.7 Å². The molecule has 0 saturated carbocycles. The SMILES string of the molecule is CC(C)Nc1cc(-c2ccc3cc(C#N)cnn23)ncc1-c1nnc(C(=O)N2CC[C@H](CO)C2)s1. The number of nitrogens with one attached hydrogen (secondary N) is 1. The predicted molar refractivity (Wildman–Crippen MR) is 132 cm³/mol. The lowest BCUT2D eigenvalue weighted by atomic mass is 10.1. The number of aliphatic hydroxyl groups excluding tert-OH is 1. The van der Waals surface area contributed by atoms with Gasteiger partial charge in [0.05, 0.1) is 34.2 Å². The minimum atomic E-state index is -0.157. The minimum Gasteiger partial charge on any atom is -0.396 e. The van der Waals surface area contributed by atoms with Crippen LogP contribution in [0.3, 0.4) is 0 Å². The number of carbonyl (C=O) groups excluding carboxylic acids is 1. The van der Waals surface area contributed by atoms with E-state index in [-0.39, 0.29) is 24.5 Å². The van der Waals surface area contributed by atoms with E-state index >= 15 is 0 Å². The fourth-order valence-electron chi connectivity index (χ4n) is 4.17. The van der Waals surface area contributed by atoms with E-state index in [9.17, 15) is 9.90 Å². The van der Waals surface area contributed by atoms with E-state index in [1.54, 1.807) is 21.7 Å². The van der Waals surface area contributed by atoms with Gasteiger partial charge in [-0.2, -0.15) is 10.4 Å². The van der Waals surface area contributed by atoms with Gasteiger partial charge in [-0.25, -0.2) is 4.52 Å². The van der Waals surface area contributed by atoms with E-state index < -0.39 is 0 Å². The smallest absolute Gasteiger partial charge is 0.284 e. The summed E-state index contributed by atoms with van der Waals surface area (Å²) in [5, 5.41) is 35.7. The zero-order chi connectivity index (χ0) is 24.5. The van der Waals surface area contributed by atoms with Gasteiger partial charge in [-0.3, -0.25) is 9.78 Å². The van der Waals surface area contributed by atoms with Crippen LogP contribution in [0, 0.1) is 17.2 Å². The third-order valence-electron chi connectivity index (χ3n) is 5.91. The third kappa shape index (κ3) is 4.45. The van der Waals surface area contributed by atoms with Gasteiger partial charge in [0.25, 0.3) is 5.91 Å². The van der Waals surface area contributed by atoms with Gasteiger partial charge < -0.3 is 15.3 Å². The molecule has 11 heteroatoms. The van der Waals surface area contributed by atoms with E-state index in [1.807, 2.05) is 32.0 Å². The summed E-state index contributed by atoms with van der Waals surface area (Å²) >= 11 is 1.24. The monoisotopic (exact) mass is 488 g/mol. The number of aliphatic hydroxyl groups is 1. The lowest BCUT2D eigenvalue weighted by Crippen LogP contribution is -2.29. The van der Waals surface area contributed by atoms with Gasteiger partial charge in [0.15, 0.2) is 5.01 Å². The number of fused-ring (bicyclic) bond motifs is 1. The first-order valence-electron chi connectivity index (χ1n) is 11.4. The highest BCUT2D eigenvalue weighted by molar-refractivity contribution is 7.16. The Morgan fingerprint density at radius 3 is 2.91 bits per heavy atom. The molecule has 2 N–H and O–H groups in total. The van der Waals surface area contributed by atoms with Gasteiger partial charge in [-0.05, 0) is 44.5 Å². The maximum atomic E-state index is 12.9. The number of amides is 1. The molecule has 0 aromatic carbocycles. The van der Waals surface area contributed by atoms with Gasteiger partial charge in [0, 0.05) is 43.5 Å². The number of likely N-dealkylation sites (tertiary alicyclic amines) is 1. The van der Waals surface area contributed by atoms with Crippen molar-refractivity contribution in [2.75, 3.05) is 25.0 Å². The molecule has 1 aliphatic heterocycles. The Balaban J connectivity index is 1.48. The molecule has 4 aromatic heterocycles. The number of rotatable bonds is 6. The average molecular weight is 489 g/mol. The van der Waals surface area contributed by atoms with Crippen molar-refractivity contribution >= 4 is 28.4 Å². The fourth-order valence-corrected chi connectivity index (χ4v) is 5.01. The third-order valence-corrected chi connectivity index (χ3v) is 6.85. The van der Waals surface area contributed by atoms with Crippen LogP contribution in [0.4, 0.5) is 5.69 Å². The molecule has 35 heavy (non-hydrogen) atoms. The summed E-state index contributed by atoms with van der Waals surface area (Å²) in [5.74, 6) is -0.0360. The molecule has 0 aliphatic carbocycles. The lowest BCUT2D eigenvalue weighted by Gasteiger charge is -2.15. The van der Waals surface area contributed by atoms with Crippen LogP contribution in [0.25, 0.3) is 27.5 Å². The summed E-state index contributed by atoms with van der Waals surface area (Å²) in [4.78, 5) is 19.3. The van der Waals surface area contributed by atoms with Crippen LogP contribution in [-0.2, 0) is 0 Å². The Morgan fingerprint density at radius 1 is 1.31 bits per heavy atom. The van der Waals surface area contributed by atoms with E-state index in [4.69, 9.17) is 5.26 Å². The molecule has 0 spiro atoms. The molecule has 1 atom stereocenters. The summed E-state index contributed by atoms with van der Waals surface area (Å²) in [6, 6.07) is 9.79. The zero-order valence-electron chi connectivity index (χ0n) is 19.3. The molecule has 1 amide bonds. The maximum Gasteiger partial charge on any atom is 0.284 e. The number of hydrogen-bond donors (Lipinski definition) is 2. The summed E-state index contributed by atoms with van der Waals surface area (Å²) in [7, 11) is 0. The van der Waals surface area contributed by atoms with Gasteiger partial charge in [-0.1, -0.05) is 11.3 Å². The highest BCUT2D eigenvalue weighted by Gasteiger charge is 2.29. The van der Waals surface area contributed by atoms with Crippen molar-refractivity contribution in [2.24, 2.45) is 5.92 Å². The van der Waals surface area contributed by atoms with Gasteiger partial charge >= 0.3 is 0 Å². The highest BCUT2D eigenvalue weighted by Crippen LogP contribution is 2.34. The minimum absolute atomic E-state index is 0.0827. The molecule has 0 bridgehead atoms. The Morgan fingerprint density at radius 2 is 2.17 bits per heavy atom. The first-order chi connectivity index (χ1) is 17.0. The Bertz CT molecular complexity index is 1440. The second-order valence-corrected chi connectivity index (χ2v) is 9.80. The molecule has 0 radical (unpaired) electrons.